The Hall–Kier alpha value is -1.59. The summed E-state index contributed by atoms with van der Waals surface area (Å²) in [6.07, 6.45) is 5.34. The van der Waals surface area contributed by atoms with Gasteiger partial charge in [-0.25, -0.2) is 4.98 Å². The Morgan fingerprint density at radius 3 is 2.57 bits per heavy atom. The third kappa shape index (κ3) is 4.03. The highest BCUT2D eigenvalue weighted by molar-refractivity contribution is 7.13. The molecule has 0 N–H and O–H groups in total. The molecule has 3 rings (SSSR count). The van der Waals surface area contributed by atoms with Gasteiger partial charge in [0.05, 0.1) is 25.5 Å². The van der Waals surface area contributed by atoms with Gasteiger partial charge in [0, 0.05) is 18.0 Å². The van der Waals surface area contributed by atoms with Crippen molar-refractivity contribution in [2.75, 3.05) is 27.3 Å². The molecule has 1 aliphatic heterocycles. The van der Waals surface area contributed by atoms with Gasteiger partial charge in [-0.1, -0.05) is 12.8 Å². The molecule has 0 unspecified atom stereocenters. The average Bonchev–Trinajstić information content (AvgIpc) is 2.89. The Kier molecular flexibility index (Phi) is 5.51. The molecular weight excluding hydrogens is 308 g/mol. The van der Waals surface area contributed by atoms with Crippen molar-refractivity contribution >= 4 is 11.3 Å². The van der Waals surface area contributed by atoms with Gasteiger partial charge in [0.15, 0.2) is 0 Å². The predicted octanol–water partition coefficient (Wildman–Crippen LogP) is 4.20. The predicted molar refractivity (Wildman–Crippen MR) is 94.4 cm³/mol. The molecule has 124 valence electrons. The summed E-state index contributed by atoms with van der Waals surface area (Å²) in [5.74, 6) is 1.60. The molecule has 1 aromatic heterocycles. The number of likely N-dealkylation sites (tertiary alicyclic amines) is 1. The molecular formula is C18H24N2O2S. The Labute approximate surface area is 142 Å². The van der Waals surface area contributed by atoms with E-state index < -0.39 is 0 Å². The van der Waals surface area contributed by atoms with E-state index in [1.165, 1.54) is 38.8 Å². The Bertz CT molecular complexity index is 634. The van der Waals surface area contributed by atoms with E-state index in [4.69, 9.17) is 14.5 Å². The molecule has 0 spiro atoms. The minimum atomic E-state index is 0.798. The first-order valence-electron chi connectivity index (χ1n) is 8.19. The number of hydrogen-bond acceptors (Lipinski definition) is 5. The van der Waals surface area contributed by atoms with Gasteiger partial charge in [0.1, 0.15) is 16.5 Å². The van der Waals surface area contributed by atoms with Crippen LogP contribution in [-0.4, -0.2) is 37.2 Å². The fourth-order valence-electron chi connectivity index (χ4n) is 3.00. The van der Waals surface area contributed by atoms with Gasteiger partial charge in [0.2, 0.25) is 0 Å². The summed E-state index contributed by atoms with van der Waals surface area (Å²) in [5.41, 5.74) is 2.19. The summed E-state index contributed by atoms with van der Waals surface area (Å²) in [6.45, 7) is 3.34. The smallest absolute Gasteiger partial charge is 0.132 e. The number of thiazole rings is 1. The second-order valence-corrected chi connectivity index (χ2v) is 6.76. The van der Waals surface area contributed by atoms with Gasteiger partial charge in [-0.2, -0.15) is 0 Å². The van der Waals surface area contributed by atoms with Crippen LogP contribution in [0.15, 0.2) is 23.6 Å². The maximum Gasteiger partial charge on any atom is 0.132 e. The van der Waals surface area contributed by atoms with Gasteiger partial charge in [-0.15, -0.1) is 11.3 Å². The minimum absolute atomic E-state index is 0.798. The summed E-state index contributed by atoms with van der Waals surface area (Å²) in [4.78, 5) is 7.35. The zero-order chi connectivity index (χ0) is 16.1. The van der Waals surface area contributed by atoms with Gasteiger partial charge in [0.25, 0.3) is 0 Å². The van der Waals surface area contributed by atoms with Gasteiger partial charge in [-0.05, 0) is 38.1 Å². The lowest BCUT2D eigenvalue weighted by atomic mass is 10.2. The Morgan fingerprint density at radius 2 is 1.87 bits per heavy atom. The molecule has 1 aromatic carbocycles. The zero-order valence-corrected chi connectivity index (χ0v) is 14.7. The van der Waals surface area contributed by atoms with Crippen molar-refractivity contribution in [2.24, 2.45) is 0 Å². The van der Waals surface area contributed by atoms with Crippen molar-refractivity contribution in [1.29, 1.82) is 0 Å². The zero-order valence-electron chi connectivity index (χ0n) is 13.9. The first kappa shape index (κ1) is 16.3. The average molecular weight is 332 g/mol. The van der Waals surface area contributed by atoms with Crippen molar-refractivity contribution in [3.63, 3.8) is 0 Å². The largest absolute Gasteiger partial charge is 0.497 e. The molecule has 2 aromatic rings. The summed E-state index contributed by atoms with van der Waals surface area (Å²) in [7, 11) is 3.35. The lowest BCUT2D eigenvalue weighted by molar-refractivity contribution is 0.274. The van der Waals surface area contributed by atoms with Crippen molar-refractivity contribution in [1.82, 2.24) is 9.88 Å². The van der Waals surface area contributed by atoms with Crippen molar-refractivity contribution in [3.05, 3.63) is 29.3 Å². The third-order valence-corrected chi connectivity index (χ3v) is 5.20. The van der Waals surface area contributed by atoms with Crippen LogP contribution < -0.4 is 9.47 Å². The van der Waals surface area contributed by atoms with Crippen LogP contribution in [0.4, 0.5) is 0 Å². The number of benzene rings is 1. The monoisotopic (exact) mass is 332 g/mol. The first-order valence-corrected chi connectivity index (χ1v) is 9.07. The quantitative estimate of drug-likeness (QED) is 0.822. The van der Waals surface area contributed by atoms with Crippen LogP contribution >= 0.6 is 11.3 Å². The highest BCUT2D eigenvalue weighted by atomic mass is 32.1. The SMILES string of the molecule is COc1ccc(-c2nc(CN3CCCCCC3)cs2)c(OC)c1. The molecule has 0 amide bonds. The van der Waals surface area contributed by atoms with Crippen molar-refractivity contribution < 1.29 is 9.47 Å². The van der Waals surface area contributed by atoms with Crippen LogP contribution in [0, 0.1) is 0 Å². The van der Waals surface area contributed by atoms with Crippen LogP contribution in [0.5, 0.6) is 11.5 Å². The van der Waals surface area contributed by atoms with Gasteiger partial charge in [-0.3, -0.25) is 4.90 Å². The molecule has 0 aliphatic carbocycles. The third-order valence-electron chi connectivity index (χ3n) is 4.28. The normalized spacial score (nSPS) is 16.1. The molecule has 1 fully saturated rings. The molecule has 1 aliphatic rings. The van der Waals surface area contributed by atoms with Gasteiger partial charge >= 0.3 is 0 Å². The second-order valence-electron chi connectivity index (χ2n) is 5.90. The summed E-state index contributed by atoms with van der Waals surface area (Å²) in [5, 5.41) is 3.18. The highest BCUT2D eigenvalue weighted by Gasteiger charge is 2.14. The van der Waals surface area contributed by atoms with E-state index >= 15 is 0 Å². The van der Waals surface area contributed by atoms with E-state index in [1.807, 2.05) is 18.2 Å². The standard InChI is InChI=1S/C18H24N2O2S/c1-21-15-7-8-16(17(11-15)22-2)18-19-14(13-23-18)12-20-9-5-3-4-6-10-20/h7-8,11,13H,3-6,9-10,12H2,1-2H3. The van der Waals surface area contributed by atoms with Crippen molar-refractivity contribution in [3.8, 4) is 22.1 Å². The summed E-state index contributed by atoms with van der Waals surface area (Å²) < 4.78 is 10.8. The fraction of sp³-hybridized carbons (Fsp3) is 0.500. The maximum atomic E-state index is 5.49. The molecule has 2 heterocycles. The second kappa shape index (κ2) is 7.79. The van der Waals surface area contributed by atoms with Crippen LogP contribution in [0.1, 0.15) is 31.4 Å². The highest BCUT2D eigenvalue weighted by Crippen LogP contribution is 2.35. The van der Waals surface area contributed by atoms with Gasteiger partial charge < -0.3 is 9.47 Å². The van der Waals surface area contributed by atoms with Crippen LogP contribution in [0.2, 0.25) is 0 Å². The van der Waals surface area contributed by atoms with Crippen molar-refractivity contribution in [2.45, 2.75) is 32.2 Å². The van der Waals surface area contributed by atoms with Crippen LogP contribution in [0.25, 0.3) is 10.6 Å². The molecule has 0 saturated carbocycles. The molecule has 0 bridgehead atoms. The maximum absolute atomic E-state index is 5.49. The van der Waals surface area contributed by atoms with Crippen LogP contribution in [-0.2, 0) is 6.54 Å². The molecule has 1 saturated heterocycles. The summed E-state index contributed by atoms with van der Waals surface area (Å²) in [6, 6.07) is 5.88. The van der Waals surface area contributed by atoms with E-state index in [0.717, 1.165) is 34.3 Å². The lowest BCUT2D eigenvalue weighted by Gasteiger charge is -2.18. The summed E-state index contributed by atoms with van der Waals surface area (Å²) >= 11 is 1.68. The van der Waals surface area contributed by atoms with Crippen LogP contribution in [0.3, 0.4) is 0 Å². The number of aromatic nitrogens is 1. The van der Waals surface area contributed by atoms with E-state index in [9.17, 15) is 0 Å². The first-order chi connectivity index (χ1) is 11.3. The molecule has 4 nitrogen and oxygen atoms in total. The number of methoxy groups -OCH3 is 2. The Balaban J connectivity index is 1.76. The number of ether oxygens (including phenoxy) is 2. The minimum Gasteiger partial charge on any atom is -0.497 e. The Morgan fingerprint density at radius 1 is 1.09 bits per heavy atom. The molecule has 5 heteroatoms. The molecule has 0 radical (unpaired) electrons. The van der Waals surface area contributed by atoms with E-state index in [2.05, 4.69) is 10.3 Å². The number of nitrogens with zero attached hydrogens (tertiary/aromatic N) is 2. The number of hydrogen-bond donors (Lipinski definition) is 0. The molecule has 23 heavy (non-hydrogen) atoms. The molecule has 0 atom stereocenters. The van der Waals surface area contributed by atoms with E-state index in [1.54, 1.807) is 25.6 Å². The topological polar surface area (TPSA) is 34.6 Å². The number of rotatable bonds is 5. The van der Waals surface area contributed by atoms with E-state index in [-0.39, 0.29) is 0 Å². The van der Waals surface area contributed by atoms with E-state index in [0.29, 0.717) is 0 Å². The fourth-order valence-corrected chi connectivity index (χ4v) is 3.84. The lowest BCUT2D eigenvalue weighted by Crippen LogP contribution is -2.24.